The van der Waals surface area contributed by atoms with Crippen LogP contribution in [0.1, 0.15) is 24.0 Å². The fourth-order valence-electron chi connectivity index (χ4n) is 2.75. The summed E-state index contributed by atoms with van der Waals surface area (Å²) >= 11 is 0. The number of piperidine rings is 1. The van der Waals surface area contributed by atoms with Gasteiger partial charge in [-0.2, -0.15) is 13.2 Å². The molecule has 0 spiro atoms. The van der Waals surface area contributed by atoms with Crippen LogP contribution < -0.4 is 5.32 Å². The monoisotopic (exact) mass is 382 g/mol. The Hall–Kier alpha value is -1.68. The van der Waals surface area contributed by atoms with Crippen molar-refractivity contribution in [3.8, 4) is 0 Å². The summed E-state index contributed by atoms with van der Waals surface area (Å²) in [4.78, 5) is 12.2. The van der Waals surface area contributed by atoms with E-state index in [1.807, 2.05) is 0 Å². The average Bonchev–Trinajstić information content (AvgIpc) is 2.52. The average molecular weight is 382 g/mol. The molecule has 0 aromatic heterocycles. The van der Waals surface area contributed by atoms with Gasteiger partial charge in [0.1, 0.15) is 5.82 Å². The molecule has 1 aromatic carbocycles. The van der Waals surface area contributed by atoms with Gasteiger partial charge in [-0.05, 0) is 30.5 Å². The molecule has 1 amide bonds. The van der Waals surface area contributed by atoms with Crippen molar-refractivity contribution in [3.05, 3.63) is 35.1 Å². The lowest BCUT2D eigenvalue weighted by molar-refractivity contribution is -0.138. The Balaban J connectivity index is 2.05. The number of alkyl halides is 3. The molecule has 0 saturated carbocycles. The number of carbonyl (C=O) groups excluding carboxylic acids is 1. The van der Waals surface area contributed by atoms with Gasteiger partial charge < -0.3 is 5.32 Å². The van der Waals surface area contributed by atoms with Gasteiger partial charge in [0.15, 0.2) is 0 Å². The van der Waals surface area contributed by atoms with Gasteiger partial charge >= 0.3 is 6.18 Å². The molecule has 140 valence electrons. The van der Waals surface area contributed by atoms with Crippen LogP contribution in [-0.4, -0.2) is 38.0 Å². The van der Waals surface area contributed by atoms with Crippen LogP contribution in [0.4, 0.5) is 17.6 Å². The number of carbonyl (C=O) groups is 1. The maximum atomic E-state index is 13.1. The molecule has 1 N–H and O–H groups in total. The maximum absolute atomic E-state index is 13.1. The van der Waals surface area contributed by atoms with Crippen LogP contribution >= 0.6 is 0 Å². The van der Waals surface area contributed by atoms with Gasteiger partial charge in [-0.3, -0.25) is 4.79 Å². The number of rotatable bonds is 4. The van der Waals surface area contributed by atoms with Gasteiger partial charge in [0.2, 0.25) is 15.9 Å². The molecule has 1 heterocycles. The summed E-state index contributed by atoms with van der Waals surface area (Å²) < 4.78 is 76.2. The van der Waals surface area contributed by atoms with Crippen LogP contribution in [0, 0.1) is 11.7 Å². The first-order valence-corrected chi connectivity index (χ1v) is 9.42. The Bertz CT molecular complexity index is 750. The Morgan fingerprint density at radius 3 is 2.64 bits per heavy atom. The van der Waals surface area contributed by atoms with E-state index >= 15 is 0 Å². The van der Waals surface area contributed by atoms with Gasteiger partial charge in [-0.25, -0.2) is 17.1 Å². The third-order valence-electron chi connectivity index (χ3n) is 4.05. The zero-order valence-electron chi connectivity index (χ0n) is 13.4. The lowest BCUT2D eigenvalue weighted by Crippen LogP contribution is -2.45. The molecule has 5 nitrogen and oxygen atoms in total. The van der Waals surface area contributed by atoms with Crippen LogP contribution in [-0.2, 0) is 27.5 Å². The van der Waals surface area contributed by atoms with Crippen molar-refractivity contribution in [1.29, 1.82) is 0 Å². The zero-order valence-corrected chi connectivity index (χ0v) is 14.3. The largest absolute Gasteiger partial charge is 0.416 e. The topological polar surface area (TPSA) is 66.5 Å². The van der Waals surface area contributed by atoms with Crippen LogP contribution in [0.3, 0.4) is 0 Å². The summed E-state index contributed by atoms with van der Waals surface area (Å²) in [5, 5.41) is 2.39. The number of nitrogens with one attached hydrogen (secondary N) is 1. The highest BCUT2D eigenvalue weighted by Crippen LogP contribution is 2.32. The Kier molecular flexibility index (Phi) is 5.72. The first-order valence-electron chi connectivity index (χ1n) is 7.57. The lowest BCUT2D eigenvalue weighted by atomic mass is 9.98. The molecule has 1 aliphatic rings. The van der Waals surface area contributed by atoms with E-state index in [4.69, 9.17) is 0 Å². The summed E-state index contributed by atoms with van der Waals surface area (Å²) in [7, 11) is -3.43. The molecule has 1 unspecified atom stereocenters. The second-order valence-corrected chi connectivity index (χ2v) is 7.96. The normalized spacial score (nSPS) is 19.6. The molecular weight excluding hydrogens is 364 g/mol. The van der Waals surface area contributed by atoms with E-state index in [0.717, 1.165) is 18.4 Å². The maximum Gasteiger partial charge on any atom is 0.416 e. The first-order chi connectivity index (χ1) is 11.5. The Morgan fingerprint density at radius 2 is 2.04 bits per heavy atom. The molecule has 1 saturated heterocycles. The summed E-state index contributed by atoms with van der Waals surface area (Å²) in [6, 6.07) is 2.25. The molecule has 1 aromatic rings. The minimum Gasteiger partial charge on any atom is -0.352 e. The van der Waals surface area contributed by atoms with Crippen LogP contribution in [0.5, 0.6) is 0 Å². The molecule has 0 radical (unpaired) electrons. The number of nitrogens with zero attached hydrogens (tertiary/aromatic N) is 1. The van der Waals surface area contributed by atoms with E-state index in [2.05, 4.69) is 5.32 Å². The Morgan fingerprint density at radius 1 is 1.36 bits per heavy atom. The third-order valence-corrected chi connectivity index (χ3v) is 5.32. The summed E-state index contributed by atoms with van der Waals surface area (Å²) in [6.07, 6.45) is -2.75. The van der Waals surface area contributed by atoms with Gasteiger partial charge in [0, 0.05) is 19.6 Å². The molecule has 1 fully saturated rings. The van der Waals surface area contributed by atoms with Crippen LogP contribution in [0.15, 0.2) is 18.2 Å². The van der Waals surface area contributed by atoms with E-state index in [9.17, 15) is 30.8 Å². The highest BCUT2D eigenvalue weighted by molar-refractivity contribution is 7.88. The third kappa shape index (κ3) is 5.15. The van der Waals surface area contributed by atoms with Crippen molar-refractivity contribution < 1.29 is 30.8 Å². The van der Waals surface area contributed by atoms with Crippen molar-refractivity contribution in [1.82, 2.24) is 9.62 Å². The molecule has 10 heteroatoms. The van der Waals surface area contributed by atoms with Crippen molar-refractivity contribution in [2.45, 2.75) is 25.6 Å². The fraction of sp³-hybridized carbons (Fsp3) is 0.533. The van der Waals surface area contributed by atoms with Gasteiger partial charge in [0.05, 0.1) is 17.7 Å². The van der Waals surface area contributed by atoms with Crippen LogP contribution in [0.2, 0.25) is 0 Å². The highest BCUT2D eigenvalue weighted by atomic mass is 32.2. The van der Waals surface area contributed by atoms with Gasteiger partial charge in [-0.1, -0.05) is 6.07 Å². The van der Waals surface area contributed by atoms with Crippen molar-refractivity contribution in [3.63, 3.8) is 0 Å². The smallest absolute Gasteiger partial charge is 0.352 e. The second-order valence-electron chi connectivity index (χ2n) is 5.98. The number of hydrogen-bond donors (Lipinski definition) is 1. The van der Waals surface area contributed by atoms with Gasteiger partial charge in [-0.15, -0.1) is 0 Å². The Labute approximate surface area is 143 Å². The quantitative estimate of drug-likeness (QED) is 0.812. The van der Waals surface area contributed by atoms with Gasteiger partial charge in [0.25, 0.3) is 0 Å². The molecule has 25 heavy (non-hydrogen) atoms. The first kappa shape index (κ1) is 19.6. The SMILES string of the molecule is CS(=O)(=O)N1CCCC(C(=O)NCc2ccc(F)cc2C(F)(F)F)C1. The number of sulfonamides is 1. The molecule has 1 aliphatic heterocycles. The molecular formula is C15H18F4N2O3S. The minimum absolute atomic E-state index is 0.000211. The zero-order chi connectivity index (χ0) is 18.8. The number of benzene rings is 1. The van der Waals surface area contributed by atoms with Crippen molar-refractivity contribution >= 4 is 15.9 Å². The van der Waals surface area contributed by atoms with Crippen molar-refractivity contribution in [2.75, 3.05) is 19.3 Å². The lowest BCUT2D eigenvalue weighted by Gasteiger charge is -2.30. The summed E-state index contributed by atoms with van der Waals surface area (Å²) in [6.45, 7) is -0.0949. The predicted molar refractivity (Wildman–Crippen MR) is 82.4 cm³/mol. The summed E-state index contributed by atoms with van der Waals surface area (Å²) in [5.41, 5.74) is -1.40. The van der Waals surface area contributed by atoms with Crippen molar-refractivity contribution in [2.24, 2.45) is 5.92 Å². The minimum atomic E-state index is -4.74. The fourth-order valence-corrected chi connectivity index (χ4v) is 3.66. The van der Waals surface area contributed by atoms with E-state index in [1.165, 1.54) is 4.31 Å². The summed E-state index contributed by atoms with van der Waals surface area (Å²) in [5.74, 6) is -2.16. The predicted octanol–water partition coefficient (Wildman–Crippen LogP) is 2.13. The van der Waals surface area contributed by atoms with E-state index in [-0.39, 0.29) is 12.1 Å². The highest BCUT2D eigenvalue weighted by Gasteiger charge is 2.34. The van der Waals surface area contributed by atoms with Crippen LogP contribution in [0.25, 0.3) is 0 Å². The van der Waals surface area contributed by atoms with E-state index in [0.29, 0.717) is 25.5 Å². The number of hydrogen-bond acceptors (Lipinski definition) is 3. The molecule has 0 bridgehead atoms. The number of halogens is 4. The molecule has 1 atom stereocenters. The van der Waals surface area contributed by atoms with E-state index < -0.39 is 46.0 Å². The second kappa shape index (κ2) is 7.28. The standard InChI is InChI=1S/C15H18F4N2O3S/c1-25(23,24)21-6-2-3-11(9-21)14(22)20-8-10-4-5-12(16)7-13(10)15(17,18)19/h4-5,7,11H,2-3,6,8-9H2,1H3,(H,20,22). The number of amides is 1. The molecule has 2 rings (SSSR count). The van der Waals surface area contributed by atoms with E-state index in [1.54, 1.807) is 0 Å². The molecule has 0 aliphatic carbocycles.